The van der Waals surface area contributed by atoms with Gasteiger partial charge in [0.15, 0.2) is 5.69 Å². The van der Waals surface area contributed by atoms with E-state index in [4.69, 9.17) is 17.4 Å². The van der Waals surface area contributed by atoms with Gasteiger partial charge in [-0.25, -0.2) is 17.9 Å². The lowest BCUT2D eigenvalue weighted by Crippen LogP contribution is -2.13. The van der Waals surface area contributed by atoms with E-state index in [0.29, 0.717) is 16.6 Å². The van der Waals surface area contributed by atoms with Crippen LogP contribution in [0.15, 0.2) is 57.6 Å². The van der Waals surface area contributed by atoms with Crippen molar-refractivity contribution in [3.8, 4) is 5.88 Å². The molecule has 5 N–H and O–H groups in total. The molecule has 26 heavy (non-hydrogen) atoms. The van der Waals surface area contributed by atoms with E-state index >= 15 is 0 Å². The number of aromatic nitrogens is 1. The van der Waals surface area contributed by atoms with Crippen molar-refractivity contribution < 1.29 is 17.9 Å². The standard InChI is InChI=1S/C15H12FN5O3S2/c16-8-4-5-11-12(6-8)19-14(22)13(11)20-21-15(25)18-9-2-1-3-10(7-9)26(17,23)24/h1-7,19,22H,(H,18,25)(H2,17,23,24). The molecule has 2 aromatic carbocycles. The molecular weight excluding hydrogens is 381 g/mol. The Hall–Kier alpha value is -2.89. The zero-order valence-electron chi connectivity index (χ0n) is 13.0. The van der Waals surface area contributed by atoms with Crippen LogP contribution in [0.3, 0.4) is 0 Å². The van der Waals surface area contributed by atoms with Gasteiger partial charge in [0, 0.05) is 11.1 Å². The van der Waals surface area contributed by atoms with E-state index in [0.717, 1.165) is 0 Å². The zero-order chi connectivity index (χ0) is 18.9. The van der Waals surface area contributed by atoms with E-state index < -0.39 is 15.8 Å². The van der Waals surface area contributed by atoms with Gasteiger partial charge in [-0.2, -0.15) is 0 Å². The number of hydrogen-bond donors (Lipinski definition) is 4. The quantitative estimate of drug-likeness (QED) is 0.401. The van der Waals surface area contributed by atoms with Gasteiger partial charge < -0.3 is 15.4 Å². The summed E-state index contributed by atoms with van der Waals surface area (Å²) in [5, 5.41) is 25.7. The summed E-state index contributed by atoms with van der Waals surface area (Å²) >= 11 is 5.03. The van der Waals surface area contributed by atoms with Crippen molar-refractivity contribution in [1.82, 2.24) is 4.98 Å². The van der Waals surface area contributed by atoms with Gasteiger partial charge in [0.25, 0.3) is 0 Å². The number of aromatic amines is 1. The summed E-state index contributed by atoms with van der Waals surface area (Å²) in [6, 6.07) is 9.58. The van der Waals surface area contributed by atoms with Crippen LogP contribution in [0.2, 0.25) is 0 Å². The van der Waals surface area contributed by atoms with Gasteiger partial charge in [-0.1, -0.05) is 6.07 Å². The minimum atomic E-state index is -3.85. The molecule has 0 spiro atoms. The fourth-order valence-electron chi connectivity index (χ4n) is 2.24. The minimum Gasteiger partial charge on any atom is -0.493 e. The number of halogens is 1. The highest BCUT2D eigenvalue weighted by molar-refractivity contribution is 7.89. The van der Waals surface area contributed by atoms with E-state index in [2.05, 4.69) is 20.5 Å². The van der Waals surface area contributed by atoms with E-state index in [1.807, 2.05) is 0 Å². The number of aromatic hydroxyl groups is 1. The third-order valence-corrected chi connectivity index (χ3v) is 4.46. The van der Waals surface area contributed by atoms with Crippen molar-refractivity contribution >= 4 is 49.6 Å². The number of nitrogens with zero attached hydrogens (tertiary/aromatic N) is 2. The van der Waals surface area contributed by atoms with E-state index in [9.17, 15) is 17.9 Å². The van der Waals surface area contributed by atoms with E-state index in [1.54, 1.807) is 6.07 Å². The van der Waals surface area contributed by atoms with Crippen molar-refractivity contribution in [3.63, 3.8) is 0 Å². The van der Waals surface area contributed by atoms with Crippen LogP contribution in [-0.2, 0) is 10.0 Å². The Kier molecular flexibility index (Phi) is 4.68. The molecule has 0 aliphatic carbocycles. The minimum absolute atomic E-state index is 0.0765. The first-order valence-corrected chi connectivity index (χ1v) is 9.05. The van der Waals surface area contributed by atoms with Gasteiger partial charge >= 0.3 is 0 Å². The normalized spacial score (nSPS) is 11.9. The zero-order valence-corrected chi connectivity index (χ0v) is 14.6. The van der Waals surface area contributed by atoms with Crippen molar-refractivity contribution in [3.05, 3.63) is 48.3 Å². The summed E-state index contributed by atoms with van der Waals surface area (Å²) in [6.07, 6.45) is 0. The second kappa shape index (κ2) is 6.78. The lowest BCUT2D eigenvalue weighted by atomic mass is 10.2. The maximum absolute atomic E-state index is 13.2. The molecule has 0 amide bonds. The molecule has 0 saturated carbocycles. The van der Waals surface area contributed by atoms with Crippen LogP contribution < -0.4 is 10.5 Å². The number of thiocarbonyl (C=S) groups is 1. The third kappa shape index (κ3) is 3.85. The van der Waals surface area contributed by atoms with Crippen molar-refractivity contribution in [2.24, 2.45) is 15.4 Å². The Bertz CT molecular complexity index is 1140. The lowest BCUT2D eigenvalue weighted by Gasteiger charge is -2.05. The number of nitrogens with one attached hydrogen (secondary N) is 2. The molecule has 0 aliphatic rings. The Balaban J connectivity index is 1.82. The van der Waals surface area contributed by atoms with Gasteiger partial charge in [-0.3, -0.25) is 0 Å². The molecule has 3 rings (SSSR count). The Morgan fingerprint density at radius 3 is 2.77 bits per heavy atom. The number of anilines is 1. The van der Waals surface area contributed by atoms with Gasteiger partial charge in [-0.05, 0) is 48.6 Å². The number of hydrogen-bond acceptors (Lipinski definition) is 5. The molecule has 1 heterocycles. The van der Waals surface area contributed by atoms with Gasteiger partial charge in [0.05, 0.1) is 10.4 Å². The first-order valence-electron chi connectivity index (χ1n) is 7.10. The second-order valence-electron chi connectivity index (χ2n) is 5.22. The fourth-order valence-corrected chi connectivity index (χ4v) is 2.95. The first kappa shape index (κ1) is 17.9. The Morgan fingerprint density at radius 1 is 1.27 bits per heavy atom. The maximum Gasteiger partial charge on any atom is 0.238 e. The summed E-state index contributed by atoms with van der Waals surface area (Å²) in [6.45, 7) is 0. The molecule has 1 aromatic heterocycles. The highest BCUT2D eigenvalue weighted by Gasteiger charge is 2.12. The Labute approximate surface area is 152 Å². The monoisotopic (exact) mass is 393 g/mol. The number of H-pyrrole nitrogens is 1. The molecule has 0 unspecified atom stereocenters. The van der Waals surface area contributed by atoms with Crippen molar-refractivity contribution in [2.45, 2.75) is 4.90 Å². The van der Waals surface area contributed by atoms with Gasteiger partial charge in [0.2, 0.25) is 21.0 Å². The largest absolute Gasteiger partial charge is 0.493 e. The van der Waals surface area contributed by atoms with Gasteiger partial charge in [-0.15, -0.1) is 10.2 Å². The maximum atomic E-state index is 13.2. The number of azo groups is 1. The molecule has 0 bridgehead atoms. The average Bonchev–Trinajstić information content (AvgIpc) is 2.86. The summed E-state index contributed by atoms with van der Waals surface area (Å²) in [7, 11) is -3.85. The number of primary sulfonamides is 1. The SMILES string of the molecule is NS(=O)(=O)c1cccc(NC(=S)N=Nc2c(O)[nH]c3cc(F)ccc23)c1. The topological polar surface area (TPSA) is 133 Å². The Morgan fingerprint density at radius 2 is 2.04 bits per heavy atom. The molecule has 0 saturated heterocycles. The van der Waals surface area contributed by atoms with Crippen molar-refractivity contribution in [1.29, 1.82) is 0 Å². The van der Waals surface area contributed by atoms with Crippen LogP contribution in [0.5, 0.6) is 5.88 Å². The van der Waals surface area contributed by atoms with Crippen molar-refractivity contribution in [2.75, 3.05) is 5.32 Å². The van der Waals surface area contributed by atoms with Crippen LogP contribution in [0, 0.1) is 5.82 Å². The molecule has 3 aromatic rings. The predicted octanol–water partition coefficient (Wildman–Crippen LogP) is 3.14. The number of sulfonamides is 1. The van der Waals surface area contributed by atoms with Gasteiger partial charge in [0.1, 0.15) is 5.82 Å². The van der Waals surface area contributed by atoms with Crippen LogP contribution in [0.4, 0.5) is 15.8 Å². The fraction of sp³-hybridized carbons (Fsp3) is 0. The third-order valence-electron chi connectivity index (χ3n) is 3.37. The predicted molar refractivity (Wildman–Crippen MR) is 98.5 cm³/mol. The van der Waals surface area contributed by atoms with E-state index in [1.165, 1.54) is 36.4 Å². The summed E-state index contributed by atoms with van der Waals surface area (Å²) in [5.41, 5.74) is 0.810. The molecule has 0 radical (unpaired) electrons. The number of fused-ring (bicyclic) bond motifs is 1. The summed E-state index contributed by atoms with van der Waals surface area (Å²) < 4.78 is 35.9. The highest BCUT2D eigenvalue weighted by atomic mass is 32.2. The number of rotatable bonds is 3. The van der Waals surface area contributed by atoms with Crippen LogP contribution in [-0.4, -0.2) is 23.6 Å². The smallest absolute Gasteiger partial charge is 0.238 e. The molecule has 8 nitrogen and oxygen atoms in total. The molecule has 134 valence electrons. The highest BCUT2D eigenvalue weighted by Crippen LogP contribution is 2.35. The first-order chi connectivity index (χ1) is 12.2. The molecule has 0 atom stereocenters. The summed E-state index contributed by atoms with van der Waals surface area (Å²) in [5.74, 6) is -0.748. The van der Waals surface area contributed by atoms with Crippen LogP contribution in [0.25, 0.3) is 10.9 Å². The molecule has 0 aliphatic heterocycles. The summed E-state index contributed by atoms with van der Waals surface area (Å²) in [4.78, 5) is 2.50. The number of benzene rings is 2. The molecular formula is C15H12FN5O3S2. The lowest BCUT2D eigenvalue weighted by molar-refractivity contribution is 0.459. The molecule has 11 heteroatoms. The second-order valence-corrected chi connectivity index (χ2v) is 7.16. The van der Waals surface area contributed by atoms with Crippen LogP contribution in [0.1, 0.15) is 0 Å². The average molecular weight is 393 g/mol. The molecule has 0 fully saturated rings. The van der Waals surface area contributed by atoms with E-state index in [-0.39, 0.29) is 21.6 Å². The van der Waals surface area contributed by atoms with Crippen LogP contribution >= 0.6 is 12.2 Å². The number of nitrogens with two attached hydrogens (primary N) is 1.